The van der Waals surface area contributed by atoms with Gasteiger partial charge in [-0.3, -0.25) is 19.1 Å². The van der Waals surface area contributed by atoms with Crippen molar-refractivity contribution in [3.05, 3.63) is 36.7 Å². The molecular weight excluding hydrogens is 587 g/mol. The Morgan fingerprint density at radius 1 is 1.29 bits per heavy atom. The Hall–Kier alpha value is -3.99. The number of aliphatic hydroxyl groups excluding tert-OH is 1. The standard InChI is InChI=1S/C25H32F3N5O8S/c1-15(2)32-14-21(22(31-32)39-11-10-34)42(37,38)33-13-18(8-9-29-16(3)35)40-20-7-6-17(12-19(20)33)30-23(36)41-24(4,5)25(26,27)28/h6-9,12,14-15,18,34H,10-11,13H2,1-5H3,(H,29,35)(H,30,36)/b9-8+. The van der Waals surface area contributed by atoms with Gasteiger partial charge in [0.2, 0.25) is 11.5 Å². The van der Waals surface area contributed by atoms with Crippen LogP contribution in [0, 0.1) is 0 Å². The second-order valence-electron chi connectivity index (χ2n) is 9.90. The summed E-state index contributed by atoms with van der Waals surface area (Å²) in [5, 5.41) is 18.0. The summed E-state index contributed by atoms with van der Waals surface area (Å²) in [6.45, 7) is 5.24. The van der Waals surface area contributed by atoms with Gasteiger partial charge < -0.3 is 24.6 Å². The molecule has 3 N–H and O–H groups in total. The molecule has 2 amide bonds. The number of nitrogens with zero attached hydrogens (tertiary/aromatic N) is 3. The SMILES string of the molecule is CC(=O)N/C=C/C1CN(S(=O)(=O)c2cn(C(C)C)nc2OCCO)c2cc(NC(=O)OC(C)(C)C(F)(F)F)ccc2O1. The highest BCUT2D eigenvalue weighted by Crippen LogP contribution is 2.41. The van der Waals surface area contributed by atoms with Gasteiger partial charge in [0.1, 0.15) is 18.5 Å². The van der Waals surface area contributed by atoms with E-state index in [1.54, 1.807) is 13.8 Å². The molecule has 2 aromatic rings. The molecule has 1 unspecified atom stereocenters. The van der Waals surface area contributed by atoms with Crippen molar-refractivity contribution >= 4 is 33.4 Å². The van der Waals surface area contributed by atoms with Gasteiger partial charge in [-0.25, -0.2) is 13.2 Å². The summed E-state index contributed by atoms with van der Waals surface area (Å²) in [7, 11) is -4.47. The van der Waals surface area contributed by atoms with E-state index in [9.17, 15) is 36.3 Å². The minimum absolute atomic E-state index is 0.0471. The number of hydrogen-bond donors (Lipinski definition) is 3. The van der Waals surface area contributed by atoms with Crippen molar-refractivity contribution in [1.29, 1.82) is 0 Å². The third kappa shape index (κ3) is 7.44. The molecule has 1 aromatic heterocycles. The van der Waals surface area contributed by atoms with Crippen LogP contribution in [0.4, 0.5) is 29.3 Å². The number of aromatic nitrogens is 2. The van der Waals surface area contributed by atoms with Gasteiger partial charge in [-0.2, -0.15) is 13.2 Å². The molecule has 0 aliphatic carbocycles. The van der Waals surface area contributed by atoms with E-state index < -0.39 is 40.6 Å². The molecule has 0 fully saturated rings. The van der Waals surface area contributed by atoms with Crippen molar-refractivity contribution in [2.75, 3.05) is 29.4 Å². The van der Waals surface area contributed by atoms with Crippen molar-refractivity contribution in [1.82, 2.24) is 15.1 Å². The van der Waals surface area contributed by atoms with Crippen molar-refractivity contribution in [2.24, 2.45) is 0 Å². The van der Waals surface area contributed by atoms with Crippen molar-refractivity contribution < 1.29 is 50.5 Å². The molecule has 0 radical (unpaired) electrons. The van der Waals surface area contributed by atoms with Crippen molar-refractivity contribution in [3.8, 4) is 11.6 Å². The maximum atomic E-state index is 14.1. The number of rotatable bonds is 10. The van der Waals surface area contributed by atoms with Crippen LogP contribution in [0.1, 0.15) is 40.7 Å². The van der Waals surface area contributed by atoms with E-state index in [2.05, 4.69) is 20.5 Å². The average molecular weight is 620 g/mol. The zero-order valence-corrected chi connectivity index (χ0v) is 24.2. The Balaban J connectivity index is 2.05. The predicted molar refractivity (Wildman–Crippen MR) is 144 cm³/mol. The molecule has 13 nitrogen and oxygen atoms in total. The summed E-state index contributed by atoms with van der Waals surface area (Å²) in [6.07, 6.45) is -3.16. The number of aliphatic hydroxyl groups is 1. The predicted octanol–water partition coefficient (Wildman–Crippen LogP) is 3.33. The molecule has 42 heavy (non-hydrogen) atoms. The van der Waals surface area contributed by atoms with E-state index in [-0.39, 0.29) is 53.0 Å². The van der Waals surface area contributed by atoms with E-state index in [4.69, 9.17) is 9.47 Å². The highest BCUT2D eigenvalue weighted by Gasteiger charge is 2.51. The zero-order chi connectivity index (χ0) is 31.5. The number of fused-ring (bicyclic) bond motifs is 1. The highest BCUT2D eigenvalue weighted by molar-refractivity contribution is 7.93. The topological polar surface area (TPSA) is 161 Å². The van der Waals surface area contributed by atoms with Crippen LogP contribution in [-0.2, 0) is 19.6 Å². The molecule has 0 saturated carbocycles. The van der Waals surface area contributed by atoms with Crippen LogP contribution in [0.3, 0.4) is 0 Å². The smallest absolute Gasteiger partial charge is 0.427 e. The Bertz CT molecular complexity index is 1440. The summed E-state index contributed by atoms with van der Waals surface area (Å²) in [6, 6.07) is 3.56. The first-order valence-electron chi connectivity index (χ1n) is 12.6. The normalized spacial score (nSPS) is 15.8. The van der Waals surface area contributed by atoms with Crippen LogP contribution in [0.15, 0.2) is 41.6 Å². The summed E-state index contributed by atoms with van der Waals surface area (Å²) in [4.78, 5) is 23.2. The maximum absolute atomic E-state index is 14.1. The Kier molecular flexibility index (Phi) is 9.66. The number of hydrogen-bond acceptors (Lipinski definition) is 9. The Labute approximate surface area is 240 Å². The largest absolute Gasteiger partial charge is 0.482 e. The van der Waals surface area contributed by atoms with Crippen molar-refractivity contribution in [2.45, 2.75) is 63.4 Å². The first kappa shape index (κ1) is 32.5. The molecule has 0 spiro atoms. The summed E-state index contributed by atoms with van der Waals surface area (Å²) in [5.74, 6) is -0.579. The van der Waals surface area contributed by atoms with Crippen LogP contribution in [0.25, 0.3) is 0 Å². The number of anilines is 2. The van der Waals surface area contributed by atoms with E-state index in [0.29, 0.717) is 13.8 Å². The average Bonchev–Trinajstić information content (AvgIpc) is 3.31. The molecule has 1 aromatic carbocycles. The molecule has 1 atom stereocenters. The lowest BCUT2D eigenvalue weighted by atomic mass is 10.1. The van der Waals surface area contributed by atoms with Gasteiger partial charge in [0.05, 0.1) is 18.8 Å². The van der Waals surface area contributed by atoms with Gasteiger partial charge in [-0.1, -0.05) is 0 Å². The zero-order valence-electron chi connectivity index (χ0n) is 23.4. The number of nitrogens with one attached hydrogen (secondary N) is 2. The number of alkyl halides is 3. The quantitative estimate of drug-likeness (QED) is 0.362. The third-order valence-electron chi connectivity index (χ3n) is 5.82. The fraction of sp³-hybridized carbons (Fsp3) is 0.480. The third-order valence-corrected chi connectivity index (χ3v) is 7.58. The first-order chi connectivity index (χ1) is 19.5. The van der Waals surface area contributed by atoms with Crippen LogP contribution >= 0.6 is 0 Å². The molecule has 2 heterocycles. The van der Waals surface area contributed by atoms with Crippen LogP contribution in [0.5, 0.6) is 11.6 Å². The van der Waals surface area contributed by atoms with E-state index >= 15 is 0 Å². The number of benzene rings is 1. The first-order valence-corrected chi connectivity index (χ1v) is 14.1. The number of sulfonamides is 1. The van der Waals surface area contributed by atoms with Crippen LogP contribution in [-0.4, -0.2) is 72.9 Å². The van der Waals surface area contributed by atoms with Gasteiger partial charge in [0.25, 0.3) is 15.9 Å². The molecule has 17 heteroatoms. The fourth-order valence-corrected chi connectivity index (χ4v) is 5.09. The number of carbonyl (C=O) groups excluding carboxylic acids is 2. The second kappa shape index (κ2) is 12.5. The number of amides is 2. The summed E-state index contributed by atoms with van der Waals surface area (Å²) >= 11 is 0. The number of ether oxygens (including phenoxy) is 3. The minimum atomic E-state index is -4.84. The van der Waals surface area contributed by atoms with Gasteiger partial charge in [-0.05, 0) is 52.0 Å². The van der Waals surface area contributed by atoms with Gasteiger partial charge >= 0.3 is 12.3 Å². The highest BCUT2D eigenvalue weighted by atomic mass is 32.2. The van der Waals surface area contributed by atoms with Gasteiger partial charge in [0, 0.05) is 31.0 Å². The summed E-state index contributed by atoms with van der Waals surface area (Å²) < 4.78 is 85.8. The van der Waals surface area contributed by atoms with E-state index in [1.807, 2.05) is 0 Å². The lowest BCUT2D eigenvalue weighted by Crippen LogP contribution is -2.44. The molecule has 0 bridgehead atoms. The Morgan fingerprint density at radius 3 is 2.57 bits per heavy atom. The molecule has 232 valence electrons. The number of halogens is 3. The molecular formula is C25H32F3N5O8S. The molecule has 3 rings (SSSR count). The molecule has 0 saturated heterocycles. The lowest BCUT2D eigenvalue weighted by molar-refractivity contribution is -0.242. The molecule has 1 aliphatic heterocycles. The lowest BCUT2D eigenvalue weighted by Gasteiger charge is -2.34. The van der Waals surface area contributed by atoms with Crippen LogP contribution < -0.4 is 24.4 Å². The van der Waals surface area contributed by atoms with E-state index in [1.165, 1.54) is 48.3 Å². The maximum Gasteiger partial charge on any atom is 0.427 e. The number of carbonyl (C=O) groups is 2. The minimum Gasteiger partial charge on any atom is -0.482 e. The second-order valence-corrected chi connectivity index (χ2v) is 11.7. The fourth-order valence-electron chi connectivity index (χ4n) is 3.55. The molecule has 1 aliphatic rings. The van der Waals surface area contributed by atoms with Gasteiger partial charge in [0.15, 0.2) is 4.90 Å². The monoisotopic (exact) mass is 619 g/mol. The summed E-state index contributed by atoms with van der Waals surface area (Å²) in [5.41, 5.74) is -2.93. The van der Waals surface area contributed by atoms with Crippen molar-refractivity contribution in [3.63, 3.8) is 0 Å². The van der Waals surface area contributed by atoms with Gasteiger partial charge in [-0.15, -0.1) is 5.10 Å². The Morgan fingerprint density at radius 2 is 1.98 bits per heavy atom. The van der Waals surface area contributed by atoms with E-state index in [0.717, 1.165) is 4.31 Å². The van der Waals surface area contributed by atoms with Crippen LogP contribution in [0.2, 0.25) is 0 Å².